The van der Waals surface area contributed by atoms with E-state index in [0.29, 0.717) is 17.5 Å². The molecule has 6 rings (SSSR count). The summed E-state index contributed by atoms with van der Waals surface area (Å²) in [6.45, 7) is 3.02. The van der Waals surface area contributed by atoms with Crippen LogP contribution < -0.4 is 10.9 Å². The van der Waals surface area contributed by atoms with Crippen LogP contribution in [0.4, 0.5) is 0 Å². The molecule has 1 fully saturated rings. The summed E-state index contributed by atoms with van der Waals surface area (Å²) in [5.74, 6) is 0.609. The largest absolute Gasteiger partial charge is 0.376 e. The molecule has 0 radical (unpaired) electrons. The number of nitrogens with one attached hydrogen (secondary N) is 1. The highest BCUT2D eigenvalue weighted by Gasteiger charge is 2.27. The maximum absolute atomic E-state index is 13.8. The van der Waals surface area contributed by atoms with Crippen LogP contribution in [0.5, 0.6) is 0 Å². The predicted octanol–water partition coefficient (Wildman–Crippen LogP) is 2.47. The number of rotatable bonds is 6. The van der Waals surface area contributed by atoms with Crippen molar-refractivity contribution in [2.45, 2.75) is 37.1 Å². The lowest BCUT2D eigenvalue weighted by Crippen LogP contribution is -2.32. The fraction of sp³-hybridized carbons (Fsp3) is 0.417. The van der Waals surface area contributed by atoms with E-state index in [2.05, 4.69) is 27.5 Å². The summed E-state index contributed by atoms with van der Waals surface area (Å²) in [6.07, 6.45) is 2.96. The Kier molecular flexibility index (Phi) is 6.09. The first-order valence-electron chi connectivity index (χ1n) is 11.8. The van der Waals surface area contributed by atoms with Gasteiger partial charge in [0.15, 0.2) is 5.16 Å². The lowest BCUT2D eigenvalue weighted by molar-refractivity contribution is -0.119. The standard InChI is InChI=1S/C24H26N6O3S2/c1-28-10-9-17-18(13-28)35-22-20(17)21(32)29(15-6-3-2-4-7-15)23-26-27-24(30(22)23)34-14-19(31)25-12-16-8-5-11-33-16/h2-4,6-7,16H,5,8-14H2,1H3,(H,25,31)/t16-/m0/s1. The Morgan fingerprint density at radius 3 is 2.94 bits per heavy atom. The zero-order valence-electron chi connectivity index (χ0n) is 19.4. The summed E-state index contributed by atoms with van der Waals surface area (Å²) in [5, 5.41) is 13.1. The Bertz CT molecular complexity index is 1460. The highest BCUT2D eigenvalue weighted by atomic mass is 32.2. The first kappa shape index (κ1) is 22.7. The van der Waals surface area contributed by atoms with E-state index in [4.69, 9.17) is 4.74 Å². The average molecular weight is 511 g/mol. The molecule has 0 saturated carbocycles. The number of benzene rings is 1. The number of carbonyl (C=O) groups is 1. The lowest BCUT2D eigenvalue weighted by Gasteiger charge is -2.21. The van der Waals surface area contributed by atoms with E-state index in [1.165, 1.54) is 16.6 Å². The Morgan fingerprint density at radius 2 is 2.14 bits per heavy atom. The molecule has 9 nitrogen and oxygen atoms in total. The molecule has 0 bridgehead atoms. The van der Waals surface area contributed by atoms with Gasteiger partial charge in [-0.05, 0) is 44.0 Å². The van der Waals surface area contributed by atoms with Crippen molar-refractivity contribution in [1.29, 1.82) is 0 Å². The highest BCUT2D eigenvalue weighted by Crippen LogP contribution is 2.35. The van der Waals surface area contributed by atoms with Crippen LogP contribution in [0, 0.1) is 0 Å². The summed E-state index contributed by atoms with van der Waals surface area (Å²) < 4.78 is 9.18. The fourth-order valence-corrected chi connectivity index (χ4v) is 7.04. The molecule has 1 amide bonds. The predicted molar refractivity (Wildman–Crippen MR) is 137 cm³/mol. The third-order valence-electron chi connectivity index (χ3n) is 6.56. The van der Waals surface area contributed by atoms with Crippen molar-refractivity contribution in [3.63, 3.8) is 0 Å². The molecular weight excluding hydrogens is 484 g/mol. The SMILES string of the molecule is CN1CCc2c(sc3c2c(=O)n(-c2ccccc2)c2nnc(SCC(=O)NC[C@@H]4CCCO4)n32)C1. The average Bonchev–Trinajstić information content (AvgIpc) is 3.60. The number of nitrogens with zero attached hydrogens (tertiary/aromatic N) is 5. The molecule has 4 aromatic rings. The lowest BCUT2D eigenvalue weighted by atomic mass is 10.1. The molecular formula is C24H26N6O3S2. The summed E-state index contributed by atoms with van der Waals surface area (Å²) in [6, 6.07) is 9.54. The number of thiophene rings is 1. The molecule has 2 aliphatic heterocycles. The molecule has 5 heterocycles. The van der Waals surface area contributed by atoms with E-state index in [-0.39, 0.29) is 23.3 Å². The van der Waals surface area contributed by atoms with Gasteiger partial charge in [0.2, 0.25) is 11.7 Å². The topological polar surface area (TPSA) is 93.8 Å². The number of thioether (sulfide) groups is 1. The van der Waals surface area contributed by atoms with Crippen molar-refractivity contribution < 1.29 is 9.53 Å². The van der Waals surface area contributed by atoms with Crippen molar-refractivity contribution in [1.82, 2.24) is 29.4 Å². The van der Waals surface area contributed by atoms with Crippen LogP contribution in [0.3, 0.4) is 0 Å². The molecule has 1 atom stereocenters. The van der Waals surface area contributed by atoms with E-state index in [1.807, 2.05) is 34.7 Å². The van der Waals surface area contributed by atoms with Gasteiger partial charge in [0.05, 0.1) is 22.9 Å². The quantitative estimate of drug-likeness (QED) is 0.398. The number of aromatic nitrogens is 4. The first-order valence-corrected chi connectivity index (χ1v) is 13.6. The molecule has 1 aromatic carbocycles. The third kappa shape index (κ3) is 4.16. The minimum absolute atomic E-state index is 0.0676. The van der Waals surface area contributed by atoms with Crippen molar-refractivity contribution in [2.75, 3.05) is 32.5 Å². The van der Waals surface area contributed by atoms with Gasteiger partial charge in [0, 0.05) is 31.1 Å². The van der Waals surface area contributed by atoms with Gasteiger partial charge >= 0.3 is 0 Å². The van der Waals surface area contributed by atoms with Crippen LogP contribution in [-0.2, 0) is 22.5 Å². The Hall–Kier alpha value is -2.73. The van der Waals surface area contributed by atoms with Gasteiger partial charge < -0.3 is 15.0 Å². The molecule has 3 aromatic heterocycles. The number of para-hydroxylation sites is 1. The highest BCUT2D eigenvalue weighted by molar-refractivity contribution is 7.99. The van der Waals surface area contributed by atoms with E-state index >= 15 is 0 Å². The van der Waals surface area contributed by atoms with Crippen LogP contribution in [-0.4, -0.2) is 68.6 Å². The number of likely N-dealkylation sites (N-methyl/N-ethyl adjacent to an activating group) is 1. The van der Waals surface area contributed by atoms with Crippen molar-refractivity contribution >= 4 is 45.0 Å². The van der Waals surface area contributed by atoms with Gasteiger partial charge in [-0.2, -0.15) is 0 Å². The van der Waals surface area contributed by atoms with Crippen molar-refractivity contribution in [3.8, 4) is 5.69 Å². The van der Waals surface area contributed by atoms with Crippen molar-refractivity contribution in [3.05, 3.63) is 51.1 Å². The molecule has 0 spiro atoms. The molecule has 35 heavy (non-hydrogen) atoms. The number of hydrogen-bond acceptors (Lipinski definition) is 8. The molecule has 0 unspecified atom stereocenters. The van der Waals surface area contributed by atoms with Crippen LogP contribution >= 0.6 is 23.1 Å². The Labute approximate surface area is 210 Å². The second-order valence-corrected chi connectivity index (χ2v) is 11.0. The summed E-state index contributed by atoms with van der Waals surface area (Å²) in [4.78, 5) is 30.7. The first-order chi connectivity index (χ1) is 17.1. The van der Waals surface area contributed by atoms with Gasteiger partial charge in [0.1, 0.15) is 4.83 Å². The zero-order valence-corrected chi connectivity index (χ0v) is 21.0. The molecule has 1 N–H and O–H groups in total. The minimum atomic E-state index is -0.0704. The Morgan fingerprint density at radius 1 is 1.29 bits per heavy atom. The van der Waals surface area contributed by atoms with E-state index in [1.54, 1.807) is 15.9 Å². The molecule has 2 aliphatic rings. The zero-order chi connectivity index (χ0) is 23.9. The monoisotopic (exact) mass is 510 g/mol. The normalized spacial score (nSPS) is 18.4. The number of fused-ring (bicyclic) bond motifs is 5. The molecule has 11 heteroatoms. The van der Waals surface area contributed by atoms with E-state index in [9.17, 15) is 9.59 Å². The molecule has 1 saturated heterocycles. The van der Waals surface area contributed by atoms with Gasteiger partial charge in [-0.1, -0.05) is 30.0 Å². The van der Waals surface area contributed by atoms with Crippen LogP contribution in [0.1, 0.15) is 23.3 Å². The Balaban J connectivity index is 1.41. The number of amides is 1. The second kappa shape index (κ2) is 9.38. The summed E-state index contributed by atoms with van der Waals surface area (Å²) in [7, 11) is 2.10. The molecule has 0 aliphatic carbocycles. The van der Waals surface area contributed by atoms with Crippen LogP contribution in [0.2, 0.25) is 0 Å². The fourth-order valence-electron chi connectivity index (χ4n) is 4.80. The maximum Gasteiger partial charge on any atom is 0.268 e. The van der Waals surface area contributed by atoms with E-state index < -0.39 is 0 Å². The molecule has 182 valence electrons. The summed E-state index contributed by atoms with van der Waals surface area (Å²) in [5.41, 5.74) is 1.80. The summed E-state index contributed by atoms with van der Waals surface area (Å²) >= 11 is 2.96. The number of ether oxygens (including phenoxy) is 1. The minimum Gasteiger partial charge on any atom is -0.376 e. The van der Waals surface area contributed by atoms with Crippen LogP contribution in [0.15, 0.2) is 40.3 Å². The maximum atomic E-state index is 13.8. The van der Waals surface area contributed by atoms with E-state index in [0.717, 1.165) is 60.4 Å². The van der Waals surface area contributed by atoms with Gasteiger partial charge in [-0.25, -0.2) is 8.97 Å². The smallest absolute Gasteiger partial charge is 0.268 e. The van der Waals surface area contributed by atoms with Gasteiger partial charge in [0.25, 0.3) is 5.56 Å². The van der Waals surface area contributed by atoms with Crippen molar-refractivity contribution in [2.24, 2.45) is 0 Å². The number of carbonyl (C=O) groups excluding carboxylic acids is 1. The van der Waals surface area contributed by atoms with Crippen LogP contribution in [0.25, 0.3) is 21.7 Å². The number of hydrogen-bond donors (Lipinski definition) is 1. The second-order valence-electron chi connectivity index (χ2n) is 8.99. The van der Waals surface area contributed by atoms with Gasteiger partial charge in [-0.15, -0.1) is 21.5 Å². The van der Waals surface area contributed by atoms with Gasteiger partial charge in [-0.3, -0.25) is 9.59 Å². The third-order valence-corrected chi connectivity index (χ3v) is 8.69.